The van der Waals surface area contributed by atoms with Crippen LogP contribution in [-0.4, -0.2) is 40.0 Å². The van der Waals surface area contributed by atoms with E-state index in [9.17, 15) is 23.3 Å². The Morgan fingerprint density at radius 1 is 1.00 bits per heavy atom. The summed E-state index contributed by atoms with van der Waals surface area (Å²) in [6.45, 7) is 0.364. The zero-order valence-electron chi connectivity index (χ0n) is 18.5. The van der Waals surface area contributed by atoms with Crippen molar-refractivity contribution < 1.29 is 27.6 Å². The number of nitro groups is 1. The maximum atomic E-state index is 12.5. The lowest BCUT2D eigenvalue weighted by Gasteiger charge is -2.11. The first kappa shape index (κ1) is 24.5. The maximum Gasteiger partial charge on any atom is 0.270 e. The number of benzene rings is 3. The van der Waals surface area contributed by atoms with Gasteiger partial charge in [-0.15, -0.1) is 0 Å². The Labute approximate surface area is 196 Å². The Morgan fingerprint density at radius 2 is 1.74 bits per heavy atom. The number of nitrogens with one attached hydrogen (secondary N) is 2. The molecule has 0 fully saturated rings. The molecule has 11 heteroatoms. The third-order valence-electron chi connectivity index (χ3n) is 4.91. The van der Waals surface area contributed by atoms with Crippen LogP contribution in [0.15, 0.2) is 71.6 Å². The van der Waals surface area contributed by atoms with Crippen LogP contribution in [0.3, 0.4) is 0 Å². The van der Waals surface area contributed by atoms with E-state index in [4.69, 9.17) is 9.47 Å². The minimum absolute atomic E-state index is 0.214. The molecule has 0 saturated carbocycles. The van der Waals surface area contributed by atoms with E-state index in [2.05, 4.69) is 10.0 Å². The van der Waals surface area contributed by atoms with Crippen molar-refractivity contribution in [3.63, 3.8) is 0 Å². The van der Waals surface area contributed by atoms with E-state index < -0.39 is 14.9 Å². The van der Waals surface area contributed by atoms with Crippen molar-refractivity contribution in [3.8, 4) is 11.5 Å². The lowest BCUT2D eigenvalue weighted by atomic mass is 10.1. The first-order valence-corrected chi connectivity index (χ1v) is 11.6. The van der Waals surface area contributed by atoms with Crippen molar-refractivity contribution in [3.05, 3.63) is 88.0 Å². The summed E-state index contributed by atoms with van der Waals surface area (Å²) in [6.07, 6.45) is 0.542. The summed E-state index contributed by atoms with van der Waals surface area (Å²) in [5, 5.41) is 13.7. The van der Waals surface area contributed by atoms with Gasteiger partial charge in [-0.2, -0.15) is 0 Å². The van der Waals surface area contributed by atoms with Crippen LogP contribution in [-0.2, 0) is 16.4 Å². The number of hydrogen-bond donors (Lipinski definition) is 2. The molecule has 0 atom stereocenters. The van der Waals surface area contributed by atoms with Crippen molar-refractivity contribution in [1.82, 2.24) is 5.32 Å². The number of methoxy groups -OCH3 is 2. The van der Waals surface area contributed by atoms with Gasteiger partial charge in [0.25, 0.3) is 21.6 Å². The summed E-state index contributed by atoms with van der Waals surface area (Å²) >= 11 is 0. The van der Waals surface area contributed by atoms with Crippen LogP contribution < -0.4 is 19.5 Å². The monoisotopic (exact) mass is 485 g/mol. The number of anilines is 1. The third kappa shape index (κ3) is 6.01. The summed E-state index contributed by atoms with van der Waals surface area (Å²) in [6, 6.07) is 16.0. The van der Waals surface area contributed by atoms with Gasteiger partial charge in [-0.3, -0.25) is 19.6 Å². The van der Waals surface area contributed by atoms with Crippen molar-refractivity contribution >= 4 is 27.3 Å². The average molecular weight is 486 g/mol. The van der Waals surface area contributed by atoms with Crippen molar-refractivity contribution in [2.24, 2.45) is 0 Å². The largest absolute Gasteiger partial charge is 0.497 e. The number of rotatable bonds is 10. The van der Waals surface area contributed by atoms with Crippen LogP contribution in [0.5, 0.6) is 11.5 Å². The highest BCUT2D eigenvalue weighted by atomic mass is 32.2. The predicted molar refractivity (Wildman–Crippen MR) is 126 cm³/mol. The van der Waals surface area contributed by atoms with E-state index in [1.165, 1.54) is 42.5 Å². The van der Waals surface area contributed by atoms with E-state index in [1.54, 1.807) is 20.3 Å². The molecule has 0 bridgehead atoms. The summed E-state index contributed by atoms with van der Waals surface area (Å²) in [5.74, 6) is 1.01. The fourth-order valence-corrected chi connectivity index (χ4v) is 4.24. The molecule has 3 aromatic carbocycles. The molecule has 0 unspecified atom stereocenters. The number of carbonyl (C=O) groups is 1. The molecule has 0 heterocycles. The molecule has 0 aliphatic heterocycles. The fraction of sp³-hybridized carbons (Fsp3) is 0.174. The standard InChI is InChI=1S/C23H23N3O7S/c1-32-20-11-8-16(22(15-20)33-2)12-13-24-23(27)17-6-9-18(10-7-17)25-34(30,31)21-5-3-4-19(14-21)26(28)29/h3-11,14-15,25H,12-13H2,1-2H3,(H,24,27). The van der Waals surface area contributed by atoms with Crippen molar-refractivity contribution in [2.75, 3.05) is 25.5 Å². The first-order valence-electron chi connectivity index (χ1n) is 10.1. The summed E-state index contributed by atoms with van der Waals surface area (Å²) in [5.41, 5.74) is 1.14. The van der Waals surface area contributed by atoms with Gasteiger partial charge >= 0.3 is 0 Å². The number of hydrogen-bond acceptors (Lipinski definition) is 7. The van der Waals surface area contributed by atoms with Gasteiger partial charge < -0.3 is 14.8 Å². The molecule has 10 nitrogen and oxygen atoms in total. The van der Waals surface area contributed by atoms with Gasteiger partial charge in [0.15, 0.2) is 0 Å². The minimum atomic E-state index is -4.03. The summed E-state index contributed by atoms with van der Waals surface area (Å²) in [4.78, 5) is 22.4. The van der Waals surface area contributed by atoms with Gasteiger partial charge in [-0.05, 0) is 48.4 Å². The molecule has 0 aliphatic carbocycles. The zero-order chi connectivity index (χ0) is 24.7. The normalized spacial score (nSPS) is 10.9. The molecular formula is C23H23N3O7S. The van der Waals surface area contributed by atoms with Crippen LogP contribution in [0.2, 0.25) is 0 Å². The Hall–Kier alpha value is -4.12. The molecule has 0 saturated heterocycles. The minimum Gasteiger partial charge on any atom is -0.497 e. The first-order chi connectivity index (χ1) is 16.2. The highest BCUT2D eigenvalue weighted by Gasteiger charge is 2.18. The van der Waals surface area contributed by atoms with E-state index >= 15 is 0 Å². The average Bonchev–Trinajstić information content (AvgIpc) is 2.84. The van der Waals surface area contributed by atoms with E-state index in [0.717, 1.165) is 11.6 Å². The van der Waals surface area contributed by atoms with Gasteiger partial charge in [0, 0.05) is 36.0 Å². The molecule has 3 aromatic rings. The third-order valence-corrected chi connectivity index (χ3v) is 6.29. The van der Waals surface area contributed by atoms with Gasteiger partial charge in [0.05, 0.1) is 24.0 Å². The number of non-ortho nitro benzene ring substituents is 1. The van der Waals surface area contributed by atoms with E-state index in [-0.39, 0.29) is 22.2 Å². The van der Waals surface area contributed by atoms with Crippen LogP contribution in [0.4, 0.5) is 11.4 Å². The van der Waals surface area contributed by atoms with Crippen LogP contribution in [0.25, 0.3) is 0 Å². The number of amides is 1. The smallest absolute Gasteiger partial charge is 0.270 e. The predicted octanol–water partition coefficient (Wildman–Crippen LogP) is 3.39. The molecule has 0 radical (unpaired) electrons. The lowest BCUT2D eigenvalue weighted by molar-refractivity contribution is -0.385. The zero-order valence-corrected chi connectivity index (χ0v) is 19.3. The van der Waals surface area contributed by atoms with Gasteiger partial charge in [-0.1, -0.05) is 12.1 Å². The number of nitrogens with zero attached hydrogens (tertiary/aromatic N) is 1. The van der Waals surface area contributed by atoms with Crippen LogP contribution in [0, 0.1) is 10.1 Å². The van der Waals surface area contributed by atoms with Crippen LogP contribution >= 0.6 is 0 Å². The summed E-state index contributed by atoms with van der Waals surface area (Å²) in [7, 11) is -0.906. The SMILES string of the molecule is COc1ccc(CCNC(=O)c2ccc(NS(=O)(=O)c3cccc([N+](=O)[O-])c3)cc2)c(OC)c1. The number of ether oxygens (including phenoxy) is 2. The molecule has 178 valence electrons. The van der Waals surface area contributed by atoms with Gasteiger partial charge in [0.1, 0.15) is 11.5 Å². The Kier molecular flexibility index (Phi) is 7.69. The number of sulfonamides is 1. The molecular weight excluding hydrogens is 462 g/mol. The fourth-order valence-electron chi connectivity index (χ4n) is 3.14. The quantitative estimate of drug-likeness (QED) is 0.332. The topological polar surface area (TPSA) is 137 Å². The van der Waals surface area contributed by atoms with Gasteiger partial charge in [-0.25, -0.2) is 8.42 Å². The molecule has 0 aromatic heterocycles. The maximum absolute atomic E-state index is 12.5. The Bertz CT molecular complexity index is 1290. The highest BCUT2D eigenvalue weighted by molar-refractivity contribution is 7.92. The van der Waals surface area contributed by atoms with E-state index in [1.807, 2.05) is 12.1 Å². The molecule has 1 amide bonds. The molecule has 0 aliphatic rings. The Balaban J connectivity index is 1.60. The van der Waals surface area contributed by atoms with Crippen molar-refractivity contribution in [2.45, 2.75) is 11.3 Å². The van der Waals surface area contributed by atoms with Gasteiger partial charge in [0.2, 0.25) is 0 Å². The lowest BCUT2D eigenvalue weighted by Crippen LogP contribution is -2.25. The second-order valence-corrected chi connectivity index (χ2v) is 8.80. The molecule has 34 heavy (non-hydrogen) atoms. The van der Waals surface area contributed by atoms with Crippen molar-refractivity contribution in [1.29, 1.82) is 0 Å². The Morgan fingerprint density at radius 3 is 2.38 bits per heavy atom. The number of carbonyl (C=O) groups excluding carboxylic acids is 1. The molecule has 3 rings (SSSR count). The van der Waals surface area contributed by atoms with Crippen LogP contribution in [0.1, 0.15) is 15.9 Å². The second-order valence-electron chi connectivity index (χ2n) is 7.12. The molecule has 0 spiro atoms. The molecule has 2 N–H and O–H groups in total. The highest BCUT2D eigenvalue weighted by Crippen LogP contribution is 2.25. The van der Waals surface area contributed by atoms with E-state index in [0.29, 0.717) is 30.0 Å². The summed E-state index contributed by atoms with van der Waals surface area (Å²) < 4.78 is 37.9. The second kappa shape index (κ2) is 10.7. The number of nitro benzene ring substituents is 1.